The van der Waals surface area contributed by atoms with Crippen molar-refractivity contribution in [3.63, 3.8) is 0 Å². The molecule has 27 heavy (non-hydrogen) atoms. The molecule has 0 aromatic rings. The summed E-state index contributed by atoms with van der Waals surface area (Å²) in [5, 5.41) is 0. The van der Waals surface area contributed by atoms with Crippen LogP contribution in [0.4, 0.5) is 0 Å². The predicted molar refractivity (Wildman–Crippen MR) is 125 cm³/mol. The van der Waals surface area contributed by atoms with Crippen LogP contribution in [0.5, 0.6) is 0 Å². The number of hydrogen-bond acceptors (Lipinski definition) is 0. The van der Waals surface area contributed by atoms with Crippen LogP contribution in [0.1, 0.15) is 148 Å². The Labute approximate surface area is 173 Å². The van der Waals surface area contributed by atoms with E-state index >= 15 is 0 Å². The van der Waals surface area contributed by atoms with Crippen LogP contribution < -0.4 is 0 Å². The van der Waals surface area contributed by atoms with E-state index in [0.717, 1.165) is 0 Å². The Hall–Kier alpha value is -0.520. The second kappa shape index (κ2) is 25.5. The standard InChI is InChI=1S/C27H51/c1-3-5-7-9-11-13-15-17-19-21-23-25-27-26-24-22-20-18-16-14-12-10-8-6-4-2/h1,3,5,7H,4,6,8-27H2,2H3/b3-1?,7-5+. The van der Waals surface area contributed by atoms with Crippen LogP contribution in [0.25, 0.3) is 0 Å². The summed E-state index contributed by atoms with van der Waals surface area (Å²) in [5.74, 6) is 0. The molecule has 0 aliphatic rings. The van der Waals surface area contributed by atoms with Gasteiger partial charge in [0.1, 0.15) is 0 Å². The summed E-state index contributed by atoms with van der Waals surface area (Å²) in [4.78, 5) is 0. The van der Waals surface area contributed by atoms with Gasteiger partial charge in [-0.2, -0.15) is 0 Å². The van der Waals surface area contributed by atoms with Crippen LogP contribution in [0.3, 0.4) is 0 Å². The average molecular weight is 376 g/mol. The zero-order chi connectivity index (χ0) is 19.7. The summed E-state index contributed by atoms with van der Waals surface area (Å²) >= 11 is 0. The zero-order valence-corrected chi connectivity index (χ0v) is 18.9. The Bertz CT molecular complexity index is 288. The van der Waals surface area contributed by atoms with Crippen molar-refractivity contribution >= 4 is 0 Å². The molecule has 0 fully saturated rings. The molecule has 0 aliphatic carbocycles. The smallest absolute Gasteiger partial charge is 0.0348 e. The highest BCUT2D eigenvalue weighted by atomic mass is 14.0. The first-order chi connectivity index (χ1) is 13.4. The molecule has 0 aromatic heterocycles. The minimum absolute atomic E-state index is 1.19. The van der Waals surface area contributed by atoms with Crippen LogP contribution in [-0.2, 0) is 0 Å². The topological polar surface area (TPSA) is 0 Å². The van der Waals surface area contributed by atoms with Gasteiger partial charge in [-0.05, 0) is 12.8 Å². The fraction of sp³-hybridized carbons (Fsp3) is 0.852. The first-order valence-electron chi connectivity index (χ1n) is 12.6. The lowest BCUT2D eigenvalue weighted by Crippen LogP contribution is -1.84. The quantitative estimate of drug-likeness (QED) is 0.123. The lowest BCUT2D eigenvalue weighted by molar-refractivity contribution is 0.520. The summed E-state index contributed by atoms with van der Waals surface area (Å²) < 4.78 is 0. The molecule has 159 valence electrons. The minimum Gasteiger partial charge on any atom is -0.0845 e. The summed E-state index contributed by atoms with van der Waals surface area (Å²) in [5.41, 5.74) is 0. The van der Waals surface area contributed by atoms with Gasteiger partial charge < -0.3 is 0 Å². The summed E-state index contributed by atoms with van der Waals surface area (Å²) in [7, 11) is 0. The zero-order valence-electron chi connectivity index (χ0n) is 18.9. The molecule has 0 aromatic carbocycles. The highest BCUT2D eigenvalue weighted by molar-refractivity contribution is 4.95. The highest BCUT2D eigenvalue weighted by Crippen LogP contribution is 2.15. The molecule has 0 heteroatoms. The van der Waals surface area contributed by atoms with Crippen LogP contribution in [0, 0.1) is 6.58 Å². The first-order valence-corrected chi connectivity index (χ1v) is 12.6. The molecule has 0 nitrogen and oxygen atoms in total. The minimum atomic E-state index is 1.19. The molecule has 0 unspecified atom stereocenters. The number of hydrogen-bond donors (Lipinski definition) is 0. The van der Waals surface area contributed by atoms with Crippen molar-refractivity contribution in [2.75, 3.05) is 0 Å². The van der Waals surface area contributed by atoms with Gasteiger partial charge in [0.05, 0.1) is 0 Å². The van der Waals surface area contributed by atoms with Gasteiger partial charge in [-0.3, -0.25) is 0 Å². The maximum absolute atomic E-state index is 5.31. The number of unbranched alkanes of at least 4 members (excludes halogenated alkanes) is 21. The van der Waals surface area contributed by atoms with E-state index in [2.05, 4.69) is 13.0 Å². The third-order valence-corrected chi connectivity index (χ3v) is 5.72. The van der Waals surface area contributed by atoms with Crippen LogP contribution >= 0.6 is 0 Å². The second-order valence-corrected chi connectivity index (χ2v) is 8.48. The Balaban J connectivity index is 2.99. The Kier molecular flexibility index (Phi) is 25.0. The van der Waals surface area contributed by atoms with Gasteiger partial charge in [0.15, 0.2) is 0 Å². The van der Waals surface area contributed by atoms with Crippen molar-refractivity contribution in [2.45, 2.75) is 148 Å². The highest BCUT2D eigenvalue weighted by Gasteiger charge is 1.95. The number of allylic oxidation sites excluding steroid dienone is 3. The van der Waals surface area contributed by atoms with Gasteiger partial charge in [0.2, 0.25) is 0 Å². The van der Waals surface area contributed by atoms with E-state index in [1.807, 2.05) is 6.08 Å². The molecule has 0 N–H and O–H groups in total. The molecule has 0 rings (SSSR count). The van der Waals surface area contributed by atoms with E-state index in [-0.39, 0.29) is 0 Å². The second-order valence-electron chi connectivity index (χ2n) is 8.48. The first kappa shape index (κ1) is 26.5. The van der Waals surface area contributed by atoms with Gasteiger partial charge >= 0.3 is 0 Å². The fourth-order valence-electron chi connectivity index (χ4n) is 3.87. The van der Waals surface area contributed by atoms with Crippen molar-refractivity contribution in [2.24, 2.45) is 0 Å². The molecule has 0 spiro atoms. The lowest BCUT2D eigenvalue weighted by Gasteiger charge is -2.04. The molecule has 0 saturated heterocycles. The van der Waals surface area contributed by atoms with Crippen molar-refractivity contribution in [3.8, 4) is 0 Å². The van der Waals surface area contributed by atoms with Crippen molar-refractivity contribution in [1.82, 2.24) is 0 Å². The van der Waals surface area contributed by atoms with Gasteiger partial charge in [-0.15, -0.1) is 0 Å². The van der Waals surface area contributed by atoms with E-state index in [1.165, 1.54) is 141 Å². The normalized spacial score (nSPS) is 11.4. The lowest BCUT2D eigenvalue weighted by atomic mass is 10.0. The third-order valence-electron chi connectivity index (χ3n) is 5.72. The van der Waals surface area contributed by atoms with Crippen molar-refractivity contribution < 1.29 is 0 Å². The maximum Gasteiger partial charge on any atom is -0.0348 e. The van der Waals surface area contributed by atoms with Crippen LogP contribution in [0.2, 0.25) is 0 Å². The van der Waals surface area contributed by atoms with E-state index in [0.29, 0.717) is 0 Å². The molecule has 0 heterocycles. The summed E-state index contributed by atoms with van der Waals surface area (Å²) in [6, 6.07) is 0. The Morgan fingerprint density at radius 3 is 1.04 bits per heavy atom. The molecule has 0 atom stereocenters. The van der Waals surface area contributed by atoms with Gasteiger partial charge in [0.25, 0.3) is 0 Å². The Morgan fingerprint density at radius 1 is 0.444 bits per heavy atom. The van der Waals surface area contributed by atoms with E-state index in [9.17, 15) is 0 Å². The molecule has 0 aliphatic heterocycles. The Morgan fingerprint density at radius 2 is 0.741 bits per heavy atom. The van der Waals surface area contributed by atoms with Gasteiger partial charge in [-0.25, -0.2) is 0 Å². The molecular formula is C27H51. The van der Waals surface area contributed by atoms with E-state index < -0.39 is 0 Å². The molecule has 0 amide bonds. The summed E-state index contributed by atoms with van der Waals surface area (Å²) in [6.45, 7) is 7.61. The number of rotatable bonds is 23. The van der Waals surface area contributed by atoms with Gasteiger partial charge in [0, 0.05) is 0 Å². The fourth-order valence-corrected chi connectivity index (χ4v) is 3.87. The van der Waals surface area contributed by atoms with Crippen LogP contribution in [0.15, 0.2) is 18.2 Å². The van der Waals surface area contributed by atoms with Crippen LogP contribution in [-0.4, -0.2) is 0 Å². The van der Waals surface area contributed by atoms with Crippen molar-refractivity contribution in [3.05, 3.63) is 24.8 Å². The molecular weight excluding hydrogens is 324 g/mol. The molecule has 1 radical (unpaired) electrons. The molecule has 0 saturated carbocycles. The third kappa shape index (κ3) is 25.5. The monoisotopic (exact) mass is 375 g/mol. The van der Waals surface area contributed by atoms with E-state index in [1.54, 1.807) is 6.08 Å². The SMILES string of the molecule is [CH]=C/C=C/CCCCCCCCCCCCCCCCCCCCCCC. The maximum atomic E-state index is 5.31. The predicted octanol–water partition coefficient (Wildman–Crippen LogP) is 10.1. The molecule has 0 bridgehead atoms. The largest absolute Gasteiger partial charge is 0.0845 e. The average Bonchev–Trinajstić information content (AvgIpc) is 2.68. The van der Waals surface area contributed by atoms with E-state index in [4.69, 9.17) is 6.58 Å². The van der Waals surface area contributed by atoms with Crippen molar-refractivity contribution in [1.29, 1.82) is 0 Å². The summed E-state index contributed by atoms with van der Waals surface area (Å²) in [6.07, 6.45) is 37.4. The van der Waals surface area contributed by atoms with Gasteiger partial charge in [-0.1, -0.05) is 160 Å².